The van der Waals surface area contributed by atoms with Gasteiger partial charge < -0.3 is 9.80 Å². The van der Waals surface area contributed by atoms with Crippen LogP contribution < -0.4 is 9.80 Å². The number of piperazine rings is 1. The molecule has 0 aromatic carbocycles. The summed E-state index contributed by atoms with van der Waals surface area (Å²) in [5.41, 5.74) is 2.09. The largest absolute Gasteiger partial charge is 0.351 e. The Hall–Kier alpha value is -1.95. The molecule has 1 aliphatic heterocycles. The number of halogens is 1. The highest BCUT2D eigenvalue weighted by atomic mass is 35.5. The van der Waals surface area contributed by atoms with Crippen molar-refractivity contribution in [1.29, 1.82) is 0 Å². The lowest BCUT2D eigenvalue weighted by atomic mass is 10.2. The molecular formula is C14H17ClN6. The Morgan fingerprint density at radius 1 is 0.905 bits per heavy atom. The van der Waals surface area contributed by atoms with Gasteiger partial charge in [0.15, 0.2) is 11.0 Å². The topological polar surface area (TPSA) is 58.0 Å². The van der Waals surface area contributed by atoms with Gasteiger partial charge in [0, 0.05) is 38.6 Å². The van der Waals surface area contributed by atoms with E-state index in [0.29, 0.717) is 5.15 Å². The first-order chi connectivity index (χ1) is 10.2. The molecule has 0 N–H and O–H groups in total. The zero-order valence-electron chi connectivity index (χ0n) is 12.1. The minimum absolute atomic E-state index is 0.479. The van der Waals surface area contributed by atoms with E-state index in [-0.39, 0.29) is 0 Å². The van der Waals surface area contributed by atoms with Gasteiger partial charge >= 0.3 is 0 Å². The number of rotatable bonds is 2. The van der Waals surface area contributed by atoms with E-state index < -0.39 is 0 Å². The normalized spacial score (nSPS) is 15.4. The Labute approximate surface area is 128 Å². The molecule has 0 aliphatic carbocycles. The predicted molar refractivity (Wildman–Crippen MR) is 83.0 cm³/mol. The fraction of sp³-hybridized carbons (Fsp3) is 0.429. The summed E-state index contributed by atoms with van der Waals surface area (Å²) in [6, 6.07) is 1.83. The van der Waals surface area contributed by atoms with Gasteiger partial charge in [-0.3, -0.25) is 0 Å². The molecule has 0 unspecified atom stereocenters. The summed E-state index contributed by atoms with van der Waals surface area (Å²) in [5.74, 6) is 1.71. The Balaban J connectivity index is 1.73. The van der Waals surface area contributed by atoms with Crippen molar-refractivity contribution in [2.75, 3.05) is 36.0 Å². The molecule has 0 radical (unpaired) electrons. The second-order valence-corrected chi connectivity index (χ2v) is 5.45. The lowest BCUT2D eigenvalue weighted by Gasteiger charge is -2.35. The van der Waals surface area contributed by atoms with Gasteiger partial charge in [-0.1, -0.05) is 11.6 Å². The maximum absolute atomic E-state index is 6.01. The van der Waals surface area contributed by atoms with E-state index in [4.69, 9.17) is 11.6 Å². The van der Waals surface area contributed by atoms with Gasteiger partial charge in [0.1, 0.15) is 0 Å². The Morgan fingerprint density at radius 2 is 1.52 bits per heavy atom. The Kier molecular flexibility index (Phi) is 3.88. The lowest BCUT2D eigenvalue weighted by Crippen LogP contribution is -2.47. The van der Waals surface area contributed by atoms with Crippen LogP contribution in [0.2, 0.25) is 5.15 Å². The fourth-order valence-electron chi connectivity index (χ4n) is 2.44. The maximum Gasteiger partial charge on any atom is 0.225 e. The standard InChI is InChI=1S/C14H17ClN6/c1-10-11(2)13(19-18-12(10)15)20-6-8-21(9-7-20)14-16-4-3-5-17-14/h3-5H,6-9H2,1-2H3. The molecule has 21 heavy (non-hydrogen) atoms. The van der Waals surface area contributed by atoms with Crippen LogP contribution in [0.4, 0.5) is 11.8 Å². The highest BCUT2D eigenvalue weighted by Crippen LogP contribution is 2.24. The van der Waals surface area contributed by atoms with Crippen molar-refractivity contribution in [2.24, 2.45) is 0 Å². The molecule has 3 heterocycles. The number of nitrogens with zero attached hydrogens (tertiary/aromatic N) is 6. The average Bonchev–Trinajstić information content (AvgIpc) is 2.54. The first kappa shape index (κ1) is 14.0. The van der Waals surface area contributed by atoms with Crippen molar-refractivity contribution in [3.05, 3.63) is 34.7 Å². The van der Waals surface area contributed by atoms with Crippen LogP contribution >= 0.6 is 11.6 Å². The van der Waals surface area contributed by atoms with Crippen LogP contribution in [0.25, 0.3) is 0 Å². The van der Waals surface area contributed by atoms with E-state index in [1.54, 1.807) is 12.4 Å². The summed E-state index contributed by atoms with van der Waals surface area (Å²) < 4.78 is 0. The first-order valence-corrected chi connectivity index (χ1v) is 7.31. The predicted octanol–water partition coefficient (Wildman–Crippen LogP) is 1.86. The van der Waals surface area contributed by atoms with Crippen molar-refractivity contribution in [2.45, 2.75) is 13.8 Å². The smallest absolute Gasteiger partial charge is 0.225 e. The second-order valence-electron chi connectivity index (χ2n) is 5.09. The van der Waals surface area contributed by atoms with Crippen LogP contribution in [-0.4, -0.2) is 46.3 Å². The lowest BCUT2D eigenvalue weighted by molar-refractivity contribution is 0.629. The molecule has 0 saturated carbocycles. The third-order valence-electron chi connectivity index (χ3n) is 3.85. The van der Waals surface area contributed by atoms with Crippen molar-refractivity contribution in [3.63, 3.8) is 0 Å². The summed E-state index contributed by atoms with van der Waals surface area (Å²) in [4.78, 5) is 13.0. The molecular weight excluding hydrogens is 288 g/mol. The summed E-state index contributed by atoms with van der Waals surface area (Å²) in [6.07, 6.45) is 3.54. The maximum atomic E-state index is 6.01. The Bertz CT molecular complexity index is 625. The molecule has 7 heteroatoms. The molecule has 3 rings (SSSR count). The van der Waals surface area contributed by atoms with Gasteiger partial charge in [0.2, 0.25) is 5.95 Å². The third kappa shape index (κ3) is 2.76. The van der Waals surface area contributed by atoms with Crippen molar-refractivity contribution >= 4 is 23.4 Å². The molecule has 0 bridgehead atoms. The number of hydrogen-bond acceptors (Lipinski definition) is 6. The van der Waals surface area contributed by atoms with E-state index >= 15 is 0 Å². The van der Waals surface area contributed by atoms with Gasteiger partial charge in [-0.15, -0.1) is 10.2 Å². The van der Waals surface area contributed by atoms with Crippen LogP contribution in [0.5, 0.6) is 0 Å². The monoisotopic (exact) mass is 304 g/mol. The summed E-state index contributed by atoms with van der Waals surface area (Å²) in [6.45, 7) is 7.49. The average molecular weight is 305 g/mol. The molecule has 110 valence electrons. The van der Waals surface area contributed by atoms with Crippen molar-refractivity contribution in [3.8, 4) is 0 Å². The molecule has 1 fully saturated rings. The third-order valence-corrected chi connectivity index (χ3v) is 4.21. The second kappa shape index (κ2) is 5.81. The van der Waals surface area contributed by atoms with E-state index in [1.807, 2.05) is 19.9 Å². The molecule has 0 spiro atoms. The molecule has 0 amide bonds. The van der Waals surface area contributed by atoms with E-state index in [2.05, 4.69) is 30.0 Å². The van der Waals surface area contributed by atoms with Gasteiger partial charge in [0.05, 0.1) is 0 Å². The zero-order valence-corrected chi connectivity index (χ0v) is 12.9. The van der Waals surface area contributed by atoms with Gasteiger partial charge in [-0.2, -0.15) is 0 Å². The number of hydrogen-bond donors (Lipinski definition) is 0. The number of anilines is 2. The summed E-state index contributed by atoms with van der Waals surface area (Å²) >= 11 is 6.01. The minimum Gasteiger partial charge on any atom is -0.351 e. The van der Waals surface area contributed by atoms with Gasteiger partial charge in [-0.25, -0.2) is 9.97 Å². The highest BCUT2D eigenvalue weighted by Gasteiger charge is 2.22. The highest BCUT2D eigenvalue weighted by molar-refractivity contribution is 6.30. The summed E-state index contributed by atoms with van der Waals surface area (Å²) in [7, 11) is 0. The van der Waals surface area contributed by atoms with E-state index in [0.717, 1.165) is 49.1 Å². The summed E-state index contributed by atoms with van der Waals surface area (Å²) in [5, 5.41) is 8.76. The first-order valence-electron chi connectivity index (χ1n) is 6.93. The molecule has 1 saturated heterocycles. The van der Waals surface area contributed by atoms with Gasteiger partial charge in [0.25, 0.3) is 0 Å². The number of aromatic nitrogens is 4. The molecule has 2 aromatic rings. The SMILES string of the molecule is Cc1c(Cl)nnc(N2CCN(c3ncccn3)CC2)c1C. The van der Waals surface area contributed by atoms with Crippen LogP contribution in [0.1, 0.15) is 11.1 Å². The zero-order chi connectivity index (χ0) is 14.8. The van der Waals surface area contributed by atoms with Crippen LogP contribution in [-0.2, 0) is 0 Å². The fourth-order valence-corrected chi connectivity index (χ4v) is 2.62. The van der Waals surface area contributed by atoms with Crippen molar-refractivity contribution in [1.82, 2.24) is 20.2 Å². The Morgan fingerprint density at radius 3 is 2.19 bits per heavy atom. The van der Waals surface area contributed by atoms with Crippen molar-refractivity contribution < 1.29 is 0 Å². The molecule has 1 aliphatic rings. The van der Waals surface area contributed by atoms with Gasteiger partial charge in [-0.05, 0) is 31.0 Å². The van der Waals surface area contributed by atoms with Crippen LogP contribution in [0, 0.1) is 13.8 Å². The quantitative estimate of drug-likeness (QED) is 0.844. The molecule has 0 atom stereocenters. The van der Waals surface area contributed by atoms with E-state index in [9.17, 15) is 0 Å². The minimum atomic E-state index is 0.479. The van der Waals surface area contributed by atoms with Crippen LogP contribution in [0.3, 0.4) is 0 Å². The molecule has 2 aromatic heterocycles. The molecule has 6 nitrogen and oxygen atoms in total. The van der Waals surface area contributed by atoms with Crippen LogP contribution in [0.15, 0.2) is 18.5 Å². The van der Waals surface area contributed by atoms with E-state index in [1.165, 1.54) is 0 Å².